The van der Waals surface area contributed by atoms with Gasteiger partial charge in [-0.25, -0.2) is 4.79 Å². The van der Waals surface area contributed by atoms with Gasteiger partial charge >= 0.3 is 6.03 Å². The van der Waals surface area contributed by atoms with Crippen LogP contribution in [0.3, 0.4) is 0 Å². The number of likely N-dealkylation sites (tertiary alicyclic amines) is 1. The summed E-state index contributed by atoms with van der Waals surface area (Å²) in [4.78, 5) is 18.5. The second-order valence-electron chi connectivity index (χ2n) is 6.08. The number of hydrogen-bond donors (Lipinski definition) is 1. The SMILES string of the molecule is Cc1noc([C@H]2CCCN(C(=O)NCCc3cccc(Cl)c3)C2)n1. The van der Waals surface area contributed by atoms with Gasteiger partial charge in [0.2, 0.25) is 5.89 Å². The number of halogens is 1. The van der Waals surface area contributed by atoms with Gasteiger partial charge in [-0.2, -0.15) is 4.98 Å². The van der Waals surface area contributed by atoms with Gasteiger partial charge in [0.15, 0.2) is 5.82 Å². The Bertz CT molecular complexity index is 703. The van der Waals surface area contributed by atoms with Crippen LogP contribution in [0, 0.1) is 6.92 Å². The normalized spacial score (nSPS) is 17.8. The molecule has 0 aliphatic carbocycles. The molecule has 7 heteroatoms. The van der Waals surface area contributed by atoms with Crippen molar-refractivity contribution in [2.75, 3.05) is 19.6 Å². The lowest BCUT2D eigenvalue weighted by Gasteiger charge is -2.31. The number of amides is 2. The third-order valence-electron chi connectivity index (χ3n) is 4.18. The van der Waals surface area contributed by atoms with Crippen LogP contribution in [0.1, 0.15) is 36.0 Å². The monoisotopic (exact) mass is 348 g/mol. The highest BCUT2D eigenvalue weighted by Gasteiger charge is 2.28. The van der Waals surface area contributed by atoms with Crippen molar-refractivity contribution in [2.45, 2.75) is 32.1 Å². The Balaban J connectivity index is 1.49. The topological polar surface area (TPSA) is 71.3 Å². The summed E-state index contributed by atoms with van der Waals surface area (Å²) < 4.78 is 5.25. The van der Waals surface area contributed by atoms with Gasteiger partial charge in [-0.3, -0.25) is 0 Å². The molecule has 0 saturated carbocycles. The van der Waals surface area contributed by atoms with E-state index in [1.165, 1.54) is 0 Å². The Morgan fingerprint density at radius 2 is 2.38 bits per heavy atom. The minimum absolute atomic E-state index is 0.0436. The quantitative estimate of drug-likeness (QED) is 0.921. The number of piperidine rings is 1. The average Bonchev–Trinajstić information content (AvgIpc) is 3.01. The summed E-state index contributed by atoms with van der Waals surface area (Å²) in [5.74, 6) is 1.38. The number of aromatic nitrogens is 2. The maximum absolute atomic E-state index is 12.4. The van der Waals surface area contributed by atoms with Gasteiger partial charge < -0.3 is 14.7 Å². The average molecular weight is 349 g/mol. The number of hydrogen-bond acceptors (Lipinski definition) is 4. The third kappa shape index (κ3) is 4.26. The number of nitrogens with one attached hydrogen (secondary N) is 1. The maximum Gasteiger partial charge on any atom is 0.317 e. The molecule has 1 saturated heterocycles. The van der Waals surface area contributed by atoms with Crippen molar-refractivity contribution in [1.82, 2.24) is 20.4 Å². The van der Waals surface area contributed by atoms with E-state index in [1.807, 2.05) is 29.2 Å². The molecule has 3 rings (SSSR count). The number of rotatable bonds is 4. The smallest absolute Gasteiger partial charge is 0.317 e. The van der Waals surface area contributed by atoms with Crippen LogP contribution in [0.5, 0.6) is 0 Å². The largest absolute Gasteiger partial charge is 0.339 e. The van der Waals surface area contributed by atoms with Gasteiger partial charge in [0.05, 0.1) is 5.92 Å². The van der Waals surface area contributed by atoms with Crippen LogP contribution < -0.4 is 5.32 Å². The molecule has 1 fully saturated rings. The van der Waals surface area contributed by atoms with Crippen molar-refractivity contribution >= 4 is 17.6 Å². The first-order chi connectivity index (χ1) is 11.6. The zero-order valence-electron chi connectivity index (χ0n) is 13.7. The van der Waals surface area contributed by atoms with E-state index in [4.69, 9.17) is 16.1 Å². The van der Waals surface area contributed by atoms with E-state index in [2.05, 4.69) is 15.5 Å². The second-order valence-corrected chi connectivity index (χ2v) is 6.51. The molecule has 1 aliphatic heterocycles. The highest BCUT2D eigenvalue weighted by Crippen LogP contribution is 2.25. The highest BCUT2D eigenvalue weighted by molar-refractivity contribution is 6.30. The molecule has 1 N–H and O–H groups in total. The van der Waals surface area contributed by atoms with Gasteiger partial charge in [0.1, 0.15) is 0 Å². The fourth-order valence-corrected chi connectivity index (χ4v) is 3.17. The van der Waals surface area contributed by atoms with Crippen molar-refractivity contribution in [3.05, 3.63) is 46.6 Å². The Morgan fingerprint density at radius 3 is 3.12 bits per heavy atom. The minimum atomic E-state index is -0.0436. The predicted molar refractivity (Wildman–Crippen MR) is 91.1 cm³/mol. The molecule has 1 atom stereocenters. The van der Waals surface area contributed by atoms with Crippen LogP contribution in [-0.4, -0.2) is 40.7 Å². The molecule has 0 radical (unpaired) electrons. The third-order valence-corrected chi connectivity index (χ3v) is 4.42. The zero-order valence-corrected chi connectivity index (χ0v) is 14.4. The molecule has 2 amide bonds. The molecule has 0 unspecified atom stereocenters. The Hall–Kier alpha value is -2.08. The summed E-state index contributed by atoms with van der Waals surface area (Å²) in [6.45, 7) is 3.76. The summed E-state index contributed by atoms with van der Waals surface area (Å²) in [6.07, 6.45) is 2.66. The van der Waals surface area contributed by atoms with E-state index in [0.717, 1.165) is 31.4 Å². The summed E-state index contributed by atoms with van der Waals surface area (Å²) >= 11 is 5.97. The number of benzene rings is 1. The lowest BCUT2D eigenvalue weighted by atomic mass is 9.98. The zero-order chi connectivity index (χ0) is 16.9. The van der Waals surface area contributed by atoms with Crippen molar-refractivity contribution < 1.29 is 9.32 Å². The molecule has 2 heterocycles. The van der Waals surface area contributed by atoms with E-state index in [0.29, 0.717) is 29.8 Å². The van der Waals surface area contributed by atoms with Crippen LogP contribution >= 0.6 is 11.6 Å². The second kappa shape index (κ2) is 7.66. The van der Waals surface area contributed by atoms with Crippen LogP contribution in [0.25, 0.3) is 0 Å². The van der Waals surface area contributed by atoms with Crippen molar-refractivity contribution in [2.24, 2.45) is 0 Å². The number of nitrogens with zero attached hydrogens (tertiary/aromatic N) is 3. The van der Waals surface area contributed by atoms with Crippen LogP contribution in [-0.2, 0) is 6.42 Å². The van der Waals surface area contributed by atoms with Crippen molar-refractivity contribution in [1.29, 1.82) is 0 Å². The van der Waals surface area contributed by atoms with Crippen LogP contribution in [0.15, 0.2) is 28.8 Å². The number of carbonyl (C=O) groups is 1. The van der Waals surface area contributed by atoms with Crippen LogP contribution in [0.2, 0.25) is 5.02 Å². The first kappa shape index (κ1) is 16.8. The number of urea groups is 1. The van der Waals surface area contributed by atoms with Gasteiger partial charge in [0.25, 0.3) is 0 Å². The first-order valence-electron chi connectivity index (χ1n) is 8.19. The molecule has 128 valence electrons. The fourth-order valence-electron chi connectivity index (χ4n) is 2.96. The van der Waals surface area contributed by atoms with E-state index in [-0.39, 0.29) is 11.9 Å². The lowest BCUT2D eigenvalue weighted by Crippen LogP contribution is -2.45. The van der Waals surface area contributed by atoms with Gasteiger partial charge in [-0.05, 0) is 43.9 Å². The Morgan fingerprint density at radius 1 is 1.50 bits per heavy atom. The fraction of sp³-hybridized carbons (Fsp3) is 0.471. The molecule has 1 aromatic carbocycles. The number of carbonyl (C=O) groups excluding carboxylic acids is 1. The Kier molecular flexibility index (Phi) is 5.35. The molecular weight excluding hydrogens is 328 g/mol. The lowest BCUT2D eigenvalue weighted by molar-refractivity contribution is 0.172. The van der Waals surface area contributed by atoms with Gasteiger partial charge in [0, 0.05) is 24.7 Å². The van der Waals surface area contributed by atoms with Gasteiger partial charge in [-0.15, -0.1) is 0 Å². The van der Waals surface area contributed by atoms with E-state index in [1.54, 1.807) is 6.92 Å². The standard InChI is InChI=1S/C17H21ClN4O2/c1-12-20-16(24-21-12)14-5-3-9-22(11-14)17(23)19-8-7-13-4-2-6-15(18)10-13/h2,4,6,10,14H,3,5,7-9,11H2,1H3,(H,19,23)/t14-/m0/s1. The molecular formula is C17H21ClN4O2. The highest BCUT2D eigenvalue weighted by atomic mass is 35.5. The molecule has 1 aliphatic rings. The van der Waals surface area contributed by atoms with Crippen molar-refractivity contribution in [3.63, 3.8) is 0 Å². The molecule has 0 spiro atoms. The first-order valence-corrected chi connectivity index (χ1v) is 8.57. The van der Waals surface area contributed by atoms with E-state index >= 15 is 0 Å². The molecule has 24 heavy (non-hydrogen) atoms. The summed E-state index contributed by atoms with van der Waals surface area (Å²) in [6, 6.07) is 7.64. The minimum Gasteiger partial charge on any atom is -0.339 e. The van der Waals surface area contributed by atoms with E-state index in [9.17, 15) is 4.79 Å². The van der Waals surface area contributed by atoms with Crippen LogP contribution in [0.4, 0.5) is 4.79 Å². The predicted octanol–water partition coefficient (Wildman–Crippen LogP) is 3.16. The molecule has 2 aromatic rings. The summed E-state index contributed by atoms with van der Waals surface area (Å²) in [5, 5.41) is 7.53. The van der Waals surface area contributed by atoms with E-state index < -0.39 is 0 Å². The van der Waals surface area contributed by atoms with Crippen molar-refractivity contribution in [3.8, 4) is 0 Å². The Labute approximate surface area is 146 Å². The molecule has 0 bridgehead atoms. The van der Waals surface area contributed by atoms with Gasteiger partial charge in [-0.1, -0.05) is 28.9 Å². The number of aryl methyl sites for hydroxylation is 1. The molecule has 6 nitrogen and oxygen atoms in total. The summed E-state index contributed by atoms with van der Waals surface area (Å²) in [5.41, 5.74) is 1.11. The molecule has 1 aromatic heterocycles. The maximum atomic E-state index is 12.4. The summed E-state index contributed by atoms with van der Waals surface area (Å²) in [7, 11) is 0.